The molecule has 0 aliphatic rings. The van der Waals surface area contributed by atoms with Gasteiger partial charge in [-0.2, -0.15) is 0 Å². The van der Waals surface area contributed by atoms with Gasteiger partial charge in [0, 0.05) is 20.0 Å². The summed E-state index contributed by atoms with van der Waals surface area (Å²) >= 11 is 0. The molecule has 0 fully saturated rings. The molecule has 0 radical (unpaired) electrons. The summed E-state index contributed by atoms with van der Waals surface area (Å²) in [6, 6.07) is 26.4. The number of methoxy groups -OCH3 is 1. The van der Waals surface area contributed by atoms with Crippen molar-refractivity contribution in [3.05, 3.63) is 90.0 Å². The van der Waals surface area contributed by atoms with Gasteiger partial charge >= 0.3 is 0 Å². The van der Waals surface area contributed by atoms with Gasteiger partial charge in [-0.25, -0.2) is 0 Å². The second kappa shape index (κ2) is 9.04. The van der Waals surface area contributed by atoms with Crippen molar-refractivity contribution in [3.8, 4) is 16.9 Å². The Bertz CT molecular complexity index is 890. The molecule has 3 heteroatoms. The van der Waals surface area contributed by atoms with Crippen LogP contribution in [-0.2, 0) is 17.8 Å². The highest BCUT2D eigenvalue weighted by molar-refractivity contribution is 5.77. The molecular weight excluding hydrogens is 334 g/mol. The molecule has 0 bridgehead atoms. The van der Waals surface area contributed by atoms with Gasteiger partial charge in [0.25, 0.3) is 0 Å². The highest BCUT2D eigenvalue weighted by Crippen LogP contribution is 2.24. The van der Waals surface area contributed by atoms with E-state index in [1.807, 2.05) is 66.5 Å². The Balaban J connectivity index is 1.65. The van der Waals surface area contributed by atoms with Crippen LogP contribution in [0.2, 0.25) is 0 Å². The van der Waals surface area contributed by atoms with E-state index < -0.39 is 0 Å². The average Bonchev–Trinajstić information content (AvgIpc) is 2.73. The van der Waals surface area contributed by atoms with Crippen LogP contribution in [0.15, 0.2) is 78.9 Å². The molecule has 3 aromatic carbocycles. The van der Waals surface area contributed by atoms with Gasteiger partial charge in [-0.05, 0) is 40.8 Å². The van der Waals surface area contributed by atoms with E-state index in [-0.39, 0.29) is 5.91 Å². The Hall–Kier alpha value is -3.07. The first-order valence-corrected chi connectivity index (χ1v) is 9.17. The number of rotatable bonds is 7. The number of hydrogen-bond acceptors (Lipinski definition) is 2. The lowest BCUT2D eigenvalue weighted by molar-refractivity contribution is -0.130. The average molecular weight is 359 g/mol. The van der Waals surface area contributed by atoms with Crippen LogP contribution < -0.4 is 4.74 Å². The van der Waals surface area contributed by atoms with Gasteiger partial charge < -0.3 is 9.64 Å². The molecule has 0 atom stereocenters. The van der Waals surface area contributed by atoms with Gasteiger partial charge in [-0.15, -0.1) is 0 Å². The molecule has 0 heterocycles. The zero-order valence-electron chi connectivity index (χ0n) is 15.9. The maximum absolute atomic E-state index is 12.6. The highest BCUT2D eigenvalue weighted by Gasteiger charge is 2.12. The zero-order chi connectivity index (χ0) is 19.1. The largest absolute Gasteiger partial charge is 0.497 e. The summed E-state index contributed by atoms with van der Waals surface area (Å²) < 4.78 is 5.25. The van der Waals surface area contributed by atoms with Crippen LogP contribution in [0.1, 0.15) is 17.5 Å². The minimum absolute atomic E-state index is 0.140. The van der Waals surface area contributed by atoms with Crippen molar-refractivity contribution in [2.24, 2.45) is 0 Å². The summed E-state index contributed by atoms with van der Waals surface area (Å²) in [6.45, 7) is 0.599. The van der Waals surface area contributed by atoms with E-state index in [1.165, 1.54) is 11.1 Å². The lowest BCUT2D eigenvalue weighted by atomic mass is 9.99. The second-order valence-electron chi connectivity index (χ2n) is 6.62. The number of carbonyl (C=O) groups excluding carboxylic acids is 1. The summed E-state index contributed by atoms with van der Waals surface area (Å²) in [5.41, 5.74) is 4.61. The minimum Gasteiger partial charge on any atom is -0.497 e. The number of aryl methyl sites for hydroxylation is 1. The fraction of sp³-hybridized carbons (Fsp3) is 0.208. The summed E-state index contributed by atoms with van der Waals surface area (Å²) in [4.78, 5) is 14.4. The van der Waals surface area contributed by atoms with Gasteiger partial charge in [0.15, 0.2) is 0 Å². The molecule has 0 aliphatic carbocycles. The van der Waals surface area contributed by atoms with E-state index in [9.17, 15) is 4.79 Å². The molecule has 0 spiro atoms. The number of nitrogens with zero attached hydrogens (tertiary/aromatic N) is 1. The molecule has 1 amide bonds. The number of ether oxygens (including phenoxy) is 1. The SMILES string of the molecule is COc1cccc(CCC(=O)N(C)Cc2ccccc2-c2ccccc2)c1. The number of benzene rings is 3. The molecule has 0 aliphatic heterocycles. The maximum atomic E-state index is 12.6. The Kier molecular flexibility index (Phi) is 6.26. The Labute approximate surface area is 161 Å². The third-order valence-corrected chi connectivity index (χ3v) is 4.70. The molecule has 138 valence electrons. The fourth-order valence-electron chi connectivity index (χ4n) is 3.17. The topological polar surface area (TPSA) is 29.5 Å². The molecule has 3 rings (SSSR count). The van der Waals surface area contributed by atoms with Crippen LogP contribution >= 0.6 is 0 Å². The highest BCUT2D eigenvalue weighted by atomic mass is 16.5. The Morgan fingerprint density at radius 2 is 1.67 bits per heavy atom. The number of carbonyl (C=O) groups is 1. The molecule has 0 aromatic heterocycles. The quantitative estimate of drug-likeness (QED) is 0.597. The van der Waals surface area contributed by atoms with Crippen molar-refractivity contribution < 1.29 is 9.53 Å². The third-order valence-electron chi connectivity index (χ3n) is 4.70. The molecule has 0 N–H and O–H groups in total. The van der Waals surface area contributed by atoms with Crippen LogP contribution in [0.3, 0.4) is 0 Å². The summed E-state index contributed by atoms with van der Waals surface area (Å²) in [5, 5.41) is 0. The summed E-state index contributed by atoms with van der Waals surface area (Å²) in [5.74, 6) is 0.964. The second-order valence-corrected chi connectivity index (χ2v) is 6.62. The van der Waals surface area contributed by atoms with Gasteiger partial charge in [-0.1, -0.05) is 66.7 Å². The number of amides is 1. The van der Waals surface area contributed by atoms with Crippen LogP contribution in [0.25, 0.3) is 11.1 Å². The summed E-state index contributed by atoms with van der Waals surface area (Å²) in [7, 11) is 3.53. The molecule has 0 saturated heterocycles. The molecular formula is C24H25NO2. The Morgan fingerprint density at radius 1 is 0.926 bits per heavy atom. The lowest BCUT2D eigenvalue weighted by Gasteiger charge is -2.19. The smallest absolute Gasteiger partial charge is 0.222 e. The lowest BCUT2D eigenvalue weighted by Crippen LogP contribution is -2.26. The maximum Gasteiger partial charge on any atom is 0.222 e. The van der Waals surface area contributed by atoms with Crippen molar-refractivity contribution in [3.63, 3.8) is 0 Å². The molecule has 0 unspecified atom stereocenters. The van der Waals surface area contributed by atoms with E-state index in [1.54, 1.807) is 7.11 Å². The van der Waals surface area contributed by atoms with Crippen molar-refractivity contribution in [1.82, 2.24) is 4.90 Å². The normalized spacial score (nSPS) is 10.4. The van der Waals surface area contributed by atoms with Crippen molar-refractivity contribution in [1.29, 1.82) is 0 Å². The zero-order valence-corrected chi connectivity index (χ0v) is 15.9. The van der Waals surface area contributed by atoms with E-state index in [0.29, 0.717) is 19.4 Å². The minimum atomic E-state index is 0.140. The number of hydrogen-bond donors (Lipinski definition) is 0. The van der Waals surface area contributed by atoms with Crippen LogP contribution in [0, 0.1) is 0 Å². The van der Waals surface area contributed by atoms with Crippen molar-refractivity contribution in [2.45, 2.75) is 19.4 Å². The monoisotopic (exact) mass is 359 g/mol. The first kappa shape index (κ1) is 18.7. The molecule has 0 saturated carbocycles. The van der Waals surface area contributed by atoms with E-state index in [0.717, 1.165) is 16.9 Å². The first-order chi connectivity index (χ1) is 13.2. The van der Waals surface area contributed by atoms with Crippen LogP contribution in [-0.4, -0.2) is 25.0 Å². The summed E-state index contributed by atoms with van der Waals surface area (Å²) in [6.07, 6.45) is 1.19. The standard InChI is InChI=1S/C24H25NO2/c1-25(24(26)16-15-19-9-8-13-22(17-19)27-2)18-21-12-6-7-14-23(21)20-10-4-3-5-11-20/h3-14,17H,15-16,18H2,1-2H3. The van der Waals surface area contributed by atoms with Gasteiger partial charge in [0.2, 0.25) is 5.91 Å². The van der Waals surface area contributed by atoms with Crippen LogP contribution in [0.4, 0.5) is 0 Å². The predicted octanol–water partition coefficient (Wildman–Crippen LogP) is 4.95. The molecule has 27 heavy (non-hydrogen) atoms. The van der Waals surface area contributed by atoms with Gasteiger partial charge in [0.05, 0.1) is 7.11 Å². The fourth-order valence-corrected chi connectivity index (χ4v) is 3.17. The van der Waals surface area contributed by atoms with Crippen LogP contribution in [0.5, 0.6) is 5.75 Å². The van der Waals surface area contributed by atoms with E-state index >= 15 is 0 Å². The van der Waals surface area contributed by atoms with E-state index in [4.69, 9.17) is 4.74 Å². The molecule has 3 aromatic rings. The van der Waals surface area contributed by atoms with E-state index in [2.05, 4.69) is 24.3 Å². The first-order valence-electron chi connectivity index (χ1n) is 9.17. The van der Waals surface area contributed by atoms with Crippen molar-refractivity contribution in [2.75, 3.05) is 14.2 Å². The van der Waals surface area contributed by atoms with Gasteiger partial charge in [-0.3, -0.25) is 4.79 Å². The predicted molar refractivity (Wildman–Crippen MR) is 110 cm³/mol. The molecule has 3 nitrogen and oxygen atoms in total. The van der Waals surface area contributed by atoms with Gasteiger partial charge in [0.1, 0.15) is 5.75 Å². The third kappa shape index (κ3) is 4.98. The van der Waals surface area contributed by atoms with Crippen molar-refractivity contribution >= 4 is 5.91 Å². The Morgan fingerprint density at radius 3 is 2.44 bits per heavy atom.